The van der Waals surface area contributed by atoms with E-state index in [0.29, 0.717) is 5.92 Å². The molecule has 0 bridgehead atoms. The monoisotopic (exact) mass is 170 g/mol. The predicted octanol–water partition coefficient (Wildman–Crippen LogP) is 2.83. The third-order valence-corrected chi connectivity index (χ3v) is 3.64. The third-order valence-electron chi connectivity index (χ3n) is 3.64. The van der Waals surface area contributed by atoms with Gasteiger partial charge in [-0.15, -0.1) is 0 Å². The highest BCUT2D eigenvalue weighted by molar-refractivity contribution is 4.85. The minimum atomic E-state index is 0.157. The van der Waals surface area contributed by atoms with Gasteiger partial charge in [-0.1, -0.05) is 25.7 Å². The van der Waals surface area contributed by atoms with Crippen LogP contribution in [-0.2, 0) is 4.89 Å². The van der Waals surface area contributed by atoms with Gasteiger partial charge in [0.1, 0.15) is 0 Å². The van der Waals surface area contributed by atoms with E-state index in [-0.39, 0.29) is 6.10 Å². The van der Waals surface area contributed by atoms with Crippen LogP contribution in [0.2, 0.25) is 0 Å². The molecule has 2 aliphatic carbocycles. The molecular formula is C10H18O2. The average molecular weight is 170 g/mol. The Morgan fingerprint density at radius 3 is 2.50 bits per heavy atom. The summed E-state index contributed by atoms with van der Waals surface area (Å²) in [5.74, 6) is 1.52. The molecule has 2 aliphatic rings. The van der Waals surface area contributed by atoms with Crippen molar-refractivity contribution in [1.29, 1.82) is 0 Å². The molecule has 2 fully saturated rings. The van der Waals surface area contributed by atoms with Crippen LogP contribution in [0.25, 0.3) is 0 Å². The van der Waals surface area contributed by atoms with Gasteiger partial charge < -0.3 is 0 Å². The zero-order valence-corrected chi connectivity index (χ0v) is 7.54. The Bertz CT molecular complexity index is 138. The van der Waals surface area contributed by atoms with Crippen molar-refractivity contribution in [2.75, 3.05) is 0 Å². The predicted molar refractivity (Wildman–Crippen MR) is 46.8 cm³/mol. The van der Waals surface area contributed by atoms with Crippen molar-refractivity contribution in [2.24, 2.45) is 11.8 Å². The first kappa shape index (κ1) is 8.52. The van der Waals surface area contributed by atoms with Crippen LogP contribution in [0, 0.1) is 11.8 Å². The maximum atomic E-state index is 8.73. The molecule has 0 spiro atoms. The molecule has 0 radical (unpaired) electrons. The van der Waals surface area contributed by atoms with E-state index in [4.69, 9.17) is 5.26 Å². The van der Waals surface area contributed by atoms with Crippen LogP contribution in [-0.4, -0.2) is 11.4 Å². The molecular weight excluding hydrogens is 152 g/mol. The average Bonchev–Trinajstić information content (AvgIpc) is 2.17. The highest BCUT2D eigenvalue weighted by Gasteiger charge is 2.35. The smallest absolute Gasteiger partial charge is 0.0958 e. The van der Waals surface area contributed by atoms with Crippen LogP contribution in [0.15, 0.2) is 0 Å². The zero-order chi connectivity index (χ0) is 8.39. The molecule has 0 heterocycles. The fourth-order valence-corrected chi connectivity index (χ4v) is 3.01. The maximum Gasteiger partial charge on any atom is 0.0958 e. The third kappa shape index (κ3) is 1.50. The van der Waals surface area contributed by atoms with E-state index in [2.05, 4.69) is 4.89 Å². The Balaban J connectivity index is 1.99. The number of hydrogen-bond acceptors (Lipinski definition) is 2. The van der Waals surface area contributed by atoms with Gasteiger partial charge >= 0.3 is 0 Å². The molecule has 0 aromatic carbocycles. The second-order valence-corrected chi connectivity index (χ2v) is 4.28. The summed E-state index contributed by atoms with van der Waals surface area (Å²) in [4.78, 5) is 4.56. The van der Waals surface area contributed by atoms with Gasteiger partial charge in [-0.25, -0.2) is 4.89 Å². The van der Waals surface area contributed by atoms with Crippen LogP contribution in [0.1, 0.15) is 44.9 Å². The van der Waals surface area contributed by atoms with Gasteiger partial charge in [-0.3, -0.25) is 5.26 Å². The van der Waals surface area contributed by atoms with Crippen molar-refractivity contribution in [1.82, 2.24) is 0 Å². The summed E-state index contributed by atoms with van der Waals surface area (Å²) in [5, 5.41) is 8.73. The Morgan fingerprint density at radius 2 is 1.67 bits per heavy atom. The Kier molecular flexibility index (Phi) is 2.66. The van der Waals surface area contributed by atoms with Gasteiger partial charge in [0.25, 0.3) is 0 Å². The van der Waals surface area contributed by atoms with E-state index < -0.39 is 0 Å². The first-order valence-corrected chi connectivity index (χ1v) is 5.22. The van der Waals surface area contributed by atoms with E-state index in [1.165, 1.54) is 38.5 Å². The Morgan fingerprint density at radius 1 is 0.917 bits per heavy atom. The molecule has 2 nitrogen and oxygen atoms in total. The van der Waals surface area contributed by atoms with E-state index >= 15 is 0 Å². The lowest BCUT2D eigenvalue weighted by atomic mass is 9.69. The molecule has 2 heteroatoms. The van der Waals surface area contributed by atoms with Gasteiger partial charge in [0, 0.05) is 0 Å². The molecule has 3 atom stereocenters. The second kappa shape index (κ2) is 3.75. The molecule has 70 valence electrons. The van der Waals surface area contributed by atoms with Crippen molar-refractivity contribution in [3.05, 3.63) is 0 Å². The summed E-state index contributed by atoms with van der Waals surface area (Å²) in [6.07, 6.45) is 9.19. The molecule has 0 aromatic heterocycles. The van der Waals surface area contributed by atoms with Crippen molar-refractivity contribution in [3.8, 4) is 0 Å². The topological polar surface area (TPSA) is 29.5 Å². The summed E-state index contributed by atoms with van der Waals surface area (Å²) >= 11 is 0. The number of fused-ring (bicyclic) bond motifs is 1. The normalized spacial score (nSPS) is 42.2. The van der Waals surface area contributed by atoms with Gasteiger partial charge in [-0.2, -0.15) is 0 Å². The molecule has 1 N–H and O–H groups in total. The maximum absolute atomic E-state index is 8.73. The van der Waals surface area contributed by atoms with Crippen LogP contribution >= 0.6 is 0 Å². The van der Waals surface area contributed by atoms with E-state index in [9.17, 15) is 0 Å². The van der Waals surface area contributed by atoms with Crippen LogP contribution in [0.5, 0.6) is 0 Å². The van der Waals surface area contributed by atoms with Gasteiger partial charge in [0.15, 0.2) is 0 Å². The molecule has 0 amide bonds. The fraction of sp³-hybridized carbons (Fsp3) is 1.00. The van der Waals surface area contributed by atoms with Gasteiger partial charge in [0.2, 0.25) is 0 Å². The lowest BCUT2D eigenvalue weighted by Crippen LogP contribution is -2.35. The molecule has 12 heavy (non-hydrogen) atoms. The molecule has 0 aromatic rings. The second-order valence-electron chi connectivity index (χ2n) is 4.28. The summed E-state index contributed by atoms with van der Waals surface area (Å²) in [7, 11) is 0. The fourth-order valence-electron chi connectivity index (χ4n) is 3.01. The molecule has 2 rings (SSSR count). The lowest BCUT2D eigenvalue weighted by Gasteiger charge is -2.39. The SMILES string of the molecule is OOC1CCC[C@H]2CCCC[C@H]12. The van der Waals surface area contributed by atoms with E-state index in [0.717, 1.165) is 12.3 Å². The van der Waals surface area contributed by atoms with Crippen molar-refractivity contribution < 1.29 is 10.1 Å². The Hall–Kier alpha value is -0.0800. The minimum absolute atomic E-state index is 0.157. The molecule has 2 saturated carbocycles. The van der Waals surface area contributed by atoms with E-state index in [1.807, 2.05) is 0 Å². The minimum Gasteiger partial charge on any atom is -0.252 e. The molecule has 0 aliphatic heterocycles. The largest absolute Gasteiger partial charge is 0.252 e. The first-order chi connectivity index (χ1) is 5.92. The van der Waals surface area contributed by atoms with Crippen molar-refractivity contribution in [3.63, 3.8) is 0 Å². The van der Waals surface area contributed by atoms with Crippen LogP contribution < -0.4 is 0 Å². The van der Waals surface area contributed by atoms with Crippen LogP contribution in [0.4, 0.5) is 0 Å². The summed E-state index contributed by atoms with van der Waals surface area (Å²) in [6.45, 7) is 0. The highest BCUT2D eigenvalue weighted by atomic mass is 17.1. The number of rotatable bonds is 1. The first-order valence-electron chi connectivity index (χ1n) is 5.22. The van der Waals surface area contributed by atoms with Gasteiger partial charge in [0.05, 0.1) is 6.10 Å². The van der Waals surface area contributed by atoms with Gasteiger partial charge in [-0.05, 0) is 31.1 Å². The highest BCUT2D eigenvalue weighted by Crippen LogP contribution is 2.41. The zero-order valence-electron chi connectivity index (χ0n) is 7.54. The van der Waals surface area contributed by atoms with Crippen molar-refractivity contribution in [2.45, 2.75) is 51.0 Å². The van der Waals surface area contributed by atoms with Crippen molar-refractivity contribution >= 4 is 0 Å². The van der Waals surface area contributed by atoms with Crippen LogP contribution in [0.3, 0.4) is 0 Å². The summed E-state index contributed by atoms with van der Waals surface area (Å²) < 4.78 is 0. The summed E-state index contributed by atoms with van der Waals surface area (Å²) in [6, 6.07) is 0. The summed E-state index contributed by atoms with van der Waals surface area (Å²) in [5.41, 5.74) is 0. The lowest BCUT2D eigenvalue weighted by molar-refractivity contribution is -0.301. The molecule has 1 unspecified atom stereocenters. The number of hydrogen-bond donors (Lipinski definition) is 1. The quantitative estimate of drug-likeness (QED) is 0.484. The standard InChI is InChI=1S/C10H18O2/c11-12-10-7-3-5-8-4-1-2-6-9(8)10/h8-11H,1-7H2/t8-,9+,10?/m1/s1. The van der Waals surface area contributed by atoms with E-state index in [1.54, 1.807) is 0 Å². The Labute approximate surface area is 73.8 Å². The molecule has 0 saturated heterocycles.